The Balaban J connectivity index is 1.65. The minimum Gasteiger partial charge on any atom is -0.356 e. The van der Waals surface area contributed by atoms with E-state index in [1.165, 1.54) is 6.33 Å². The number of aromatic nitrogens is 4. The minimum atomic E-state index is -4.59. The van der Waals surface area contributed by atoms with Crippen LogP contribution in [0.3, 0.4) is 0 Å². The van der Waals surface area contributed by atoms with Crippen LogP contribution in [-0.4, -0.2) is 33.2 Å². The zero-order chi connectivity index (χ0) is 15.7. The molecule has 9 heteroatoms. The van der Waals surface area contributed by atoms with E-state index >= 15 is 0 Å². The van der Waals surface area contributed by atoms with Gasteiger partial charge >= 0.3 is 12.1 Å². The lowest BCUT2D eigenvalue weighted by atomic mass is 9.96. The second-order valence-corrected chi connectivity index (χ2v) is 5.23. The Hall–Kier alpha value is -2.19. The molecule has 0 N–H and O–H groups in total. The summed E-state index contributed by atoms with van der Waals surface area (Å²) in [7, 11) is 0. The molecule has 3 rings (SSSR count). The van der Waals surface area contributed by atoms with Crippen molar-refractivity contribution in [2.24, 2.45) is 0 Å². The first-order valence-electron chi connectivity index (χ1n) is 6.88. The topological polar surface area (TPSA) is 67.9 Å². The van der Waals surface area contributed by atoms with E-state index in [0.717, 1.165) is 11.5 Å². The molecule has 22 heavy (non-hydrogen) atoms. The third-order valence-electron chi connectivity index (χ3n) is 3.66. The molecule has 2 aromatic heterocycles. The van der Waals surface area contributed by atoms with E-state index in [1.807, 2.05) is 13.0 Å². The first-order valence-corrected chi connectivity index (χ1v) is 6.88. The van der Waals surface area contributed by atoms with Crippen molar-refractivity contribution >= 4 is 5.82 Å². The lowest BCUT2D eigenvalue weighted by Gasteiger charge is -2.31. The summed E-state index contributed by atoms with van der Waals surface area (Å²) in [5.41, 5.74) is 0.875. The number of halogens is 3. The summed E-state index contributed by atoms with van der Waals surface area (Å²) in [6.07, 6.45) is -1.78. The summed E-state index contributed by atoms with van der Waals surface area (Å²) in [5.74, 6) is -0.448. The Morgan fingerprint density at radius 3 is 2.55 bits per heavy atom. The van der Waals surface area contributed by atoms with Crippen molar-refractivity contribution < 1.29 is 17.7 Å². The summed E-state index contributed by atoms with van der Waals surface area (Å²) in [6, 6.07) is 1.89. The standard InChI is InChI=1S/C13H14F3N5O/c1-8-6-10(18-7-17-8)21-4-2-9(3-5-21)11-19-12(22-20-11)13(14,15)16/h6-7,9H,2-5H2,1H3. The maximum absolute atomic E-state index is 12.5. The molecule has 1 aliphatic rings. The highest BCUT2D eigenvalue weighted by Crippen LogP contribution is 2.32. The minimum absolute atomic E-state index is 0.126. The maximum atomic E-state index is 12.5. The number of piperidine rings is 1. The van der Waals surface area contributed by atoms with Crippen LogP contribution < -0.4 is 4.90 Å². The zero-order valence-electron chi connectivity index (χ0n) is 11.8. The van der Waals surface area contributed by atoms with Crippen molar-refractivity contribution in [2.45, 2.75) is 31.9 Å². The van der Waals surface area contributed by atoms with Crippen molar-refractivity contribution in [1.29, 1.82) is 0 Å². The smallest absolute Gasteiger partial charge is 0.356 e. The van der Waals surface area contributed by atoms with Gasteiger partial charge in [0.1, 0.15) is 12.1 Å². The van der Waals surface area contributed by atoms with Crippen molar-refractivity contribution in [1.82, 2.24) is 20.1 Å². The number of hydrogen-bond acceptors (Lipinski definition) is 6. The molecule has 0 spiro atoms. The average Bonchev–Trinajstić information content (AvgIpc) is 2.97. The lowest BCUT2D eigenvalue weighted by Crippen LogP contribution is -2.33. The Bertz CT molecular complexity index is 649. The van der Waals surface area contributed by atoms with Gasteiger partial charge in [-0.1, -0.05) is 5.16 Å². The molecule has 0 aromatic carbocycles. The van der Waals surface area contributed by atoms with Gasteiger partial charge in [-0.2, -0.15) is 18.2 Å². The lowest BCUT2D eigenvalue weighted by molar-refractivity contribution is -0.159. The molecule has 118 valence electrons. The molecule has 1 aliphatic heterocycles. The third kappa shape index (κ3) is 3.02. The zero-order valence-corrected chi connectivity index (χ0v) is 11.8. The Morgan fingerprint density at radius 2 is 1.95 bits per heavy atom. The van der Waals surface area contributed by atoms with Gasteiger partial charge in [0, 0.05) is 30.8 Å². The summed E-state index contributed by atoms with van der Waals surface area (Å²) in [5, 5.41) is 3.47. The number of hydrogen-bond donors (Lipinski definition) is 0. The number of alkyl halides is 3. The van der Waals surface area contributed by atoms with Gasteiger partial charge in [0.2, 0.25) is 0 Å². The van der Waals surface area contributed by atoms with Crippen LogP contribution >= 0.6 is 0 Å². The van der Waals surface area contributed by atoms with E-state index in [2.05, 4.69) is 29.5 Å². The summed E-state index contributed by atoms with van der Waals surface area (Å²) in [6.45, 7) is 3.24. The number of aryl methyl sites for hydroxylation is 1. The van der Waals surface area contributed by atoms with Gasteiger partial charge in [-0.05, 0) is 19.8 Å². The van der Waals surface area contributed by atoms with Crippen molar-refractivity contribution in [2.75, 3.05) is 18.0 Å². The average molecular weight is 313 g/mol. The van der Waals surface area contributed by atoms with Gasteiger partial charge in [0.05, 0.1) is 0 Å². The largest absolute Gasteiger partial charge is 0.471 e. The predicted molar refractivity (Wildman–Crippen MR) is 70.3 cm³/mol. The van der Waals surface area contributed by atoms with E-state index in [0.29, 0.717) is 25.9 Å². The highest BCUT2D eigenvalue weighted by atomic mass is 19.4. The molecule has 0 unspecified atom stereocenters. The Morgan fingerprint density at radius 1 is 1.23 bits per heavy atom. The van der Waals surface area contributed by atoms with Gasteiger partial charge in [0.15, 0.2) is 5.82 Å². The molecule has 1 saturated heterocycles. The second-order valence-electron chi connectivity index (χ2n) is 5.23. The molecule has 0 atom stereocenters. The number of nitrogens with zero attached hydrogens (tertiary/aromatic N) is 5. The molecule has 3 heterocycles. The summed E-state index contributed by atoms with van der Waals surface area (Å²) < 4.78 is 41.7. The fourth-order valence-corrected chi connectivity index (χ4v) is 2.50. The van der Waals surface area contributed by atoms with Gasteiger partial charge in [-0.15, -0.1) is 0 Å². The van der Waals surface area contributed by atoms with Crippen LogP contribution in [0.5, 0.6) is 0 Å². The van der Waals surface area contributed by atoms with Gasteiger partial charge in [-0.3, -0.25) is 0 Å². The van der Waals surface area contributed by atoms with E-state index in [4.69, 9.17) is 0 Å². The monoisotopic (exact) mass is 313 g/mol. The van der Waals surface area contributed by atoms with Crippen molar-refractivity contribution in [3.05, 3.63) is 29.8 Å². The molecule has 0 saturated carbocycles. The maximum Gasteiger partial charge on any atom is 0.471 e. The number of rotatable bonds is 2. The van der Waals surface area contributed by atoms with Gasteiger partial charge in [0.25, 0.3) is 0 Å². The van der Waals surface area contributed by atoms with E-state index in [1.54, 1.807) is 0 Å². The second kappa shape index (κ2) is 5.54. The fourth-order valence-electron chi connectivity index (χ4n) is 2.50. The van der Waals surface area contributed by atoms with E-state index in [-0.39, 0.29) is 11.7 Å². The molecule has 0 bridgehead atoms. The first kappa shape index (κ1) is 14.7. The van der Waals surface area contributed by atoms with Crippen LogP contribution in [0.15, 0.2) is 16.9 Å². The Kier molecular flexibility index (Phi) is 3.71. The highest BCUT2D eigenvalue weighted by Gasteiger charge is 2.39. The Labute approximate surface area is 124 Å². The molecule has 0 amide bonds. The third-order valence-corrected chi connectivity index (χ3v) is 3.66. The highest BCUT2D eigenvalue weighted by molar-refractivity contribution is 5.39. The molecule has 1 fully saturated rings. The SMILES string of the molecule is Cc1cc(N2CCC(c3noc(C(F)(F)F)n3)CC2)ncn1. The molecule has 0 aliphatic carbocycles. The van der Waals surface area contributed by atoms with Gasteiger partial charge < -0.3 is 9.42 Å². The normalized spacial score (nSPS) is 17.0. The first-order chi connectivity index (χ1) is 10.4. The van der Waals surface area contributed by atoms with Gasteiger partial charge in [-0.25, -0.2) is 9.97 Å². The van der Waals surface area contributed by atoms with Crippen LogP contribution in [-0.2, 0) is 6.18 Å². The molecular weight excluding hydrogens is 299 g/mol. The molecule has 0 radical (unpaired) electrons. The van der Waals surface area contributed by atoms with Crippen LogP contribution in [0, 0.1) is 6.92 Å². The predicted octanol–water partition coefficient (Wildman–Crippen LogP) is 2.57. The van der Waals surface area contributed by atoms with Crippen LogP contribution in [0.1, 0.15) is 36.2 Å². The van der Waals surface area contributed by atoms with Crippen LogP contribution in [0.25, 0.3) is 0 Å². The quantitative estimate of drug-likeness (QED) is 0.849. The van der Waals surface area contributed by atoms with Crippen LogP contribution in [0.4, 0.5) is 19.0 Å². The van der Waals surface area contributed by atoms with Crippen molar-refractivity contribution in [3.8, 4) is 0 Å². The van der Waals surface area contributed by atoms with Crippen molar-refractivity contribution in [3.63, 3.8) is 0 Å². The summed E-state index contributed by atoms with van der Waals surface area (Å²) in [4.78, 5) is 13.8. The van der Waals surface area contributed by atoms with Crippen LogP contribution in [0.2, 0.25) is 0 Å². The van der Waals surface area contributed by atoms with E-state index < -0.39 is 12.1 Å². The number of anilines is 1. The molecule has 6 nitrogen and oxygen atoms in total. The molecule has 2 aromatic rings. The fraction of sp³-hybridized carbons (Fsp3) is 0.538. The molecular formula is C13H14F3N5O. The van der Waals surface area contributed by atoms with E-state index in [9.17, 15) is 13.2 Å². The summed E-state index contributed by atoms with van der Waals surface area (Å²) >= 11 is 0.